The van der Waals surface area contributed by atoms with E-state index in [1.165, 1.54) is 4.90 Å². The molecular formula is C28H45N3O4S. The molecule has 202 valence electrons. The van der Waals surface area contributed by atoms with Gasteiger partial charge in [0.1, 0.15) is 17.7 Å². The molecule has 0 aliphatic carbocycles. The van der Waals surface area contributed by atoms with Gasteiger partial charge in [0.25, 0.3) is 0 Å². The Morgan fingerprint density at radius 3 is 2.31 bits per heavy atom. The van der Waals surface area contributed by atoms with Crippen molar-refractivity contribution in [2.24, 2.45) is 0 Å². The highest BCUT2D eigenvalue weighted by Gasteiger charge is 2.35. The van der Waals surface area contributed by atoms with Crippen LogP contribution in [0.5, 0.6) is 0 Å². The van der Waals surface area contributed by atoms with Gasteiger partial charge in [-0.1, -0.05) is 55.2 Å². The first-order chi connectivity index (χ1) is 16.9. The van der Waals surface area contributed by atoms with Crippen LogP contribution >= 0.6 is 11.8 Å². The summed E-state index contributed by atoms with van der Waals surface area (Å²) in [6.45, 7) is 15.9. The third kappa shape index (κ3) is 11.1. The van der Waals surface area contributed by atoms with Gasteiger partial charge in [0, 0.05) is 13.1 Å². The number of benzene rings is 1. The van der Waals surface area contributed by atoms with Crippen LogP contribution in [0.15, 0.2) is 30.9 Å². The minimum atomic E-state index is -0.854. The molecule has 0 spiro atoms. The molecule has 7 nitrogen and oxygen atoms in total. The monoisotopic (exact) mass is 519 g/mol. The summed E-state index contributed by atoms with van der Waals surface area (Å²) in [5.41, 5.74) is 2.05. The number of carbonyl (C=O) groups excluding carboxylic acids is 3. The molecule has 0 saturated carbocycles. The van der Waals surface area contributed by atoms with Crippen molar-refractivity contribution in [3.63, 3.8) is 0 Å². The van der Waals surface area contributed by atoms with Crippen molar-refractivity contribution in [3.8, 4) is 0 Å². The SMILES string of the molecule is C=CCN(C(=O)C(CCSC)NC(=O)OC(C)(C)C)C(C(=O)NCCCCC)c1cc(C)cc(C)c1. The van der Waals surface area contributed by atoms with Crippen LogP contribution in [0.3, 0.4) is 0 Å². The molecule has 1 aromatic carbocycles. The van der Waals surface area contributed by atoms with Crippen LogP contribution in [0.4, 0.5) is 4.79 Å². The zero-order valence-corrected chi connectivity index (χ0v) is 23.9. The molecular weight excluding hydrogens is 474 g/mol. The summed E-state index contributed by atoms with van der Waals surface area (Å²) in [4.78, 5) is 41.6. The molecule has 3 amide bonds. The summed E-state index contributed by atoms with van der Waals surface area (Å²) >= 11 is 1.58. The van der Waals surface area contributed by atoms with E-state index in [1.54, 1.807) is 38.6 Å². The van der Waals surface area contributed by atoms with Crippen molar-refractivity contribution in [1.82, 2.24) is 15.5 Å². The Balaban J connectivity index is 3.40. The average molecular weight is 520 g/mol. The van der Waals surface area contributed by atoms with E-state index >= 15 is 0 Å². The molecule has 0 aliphatic rings. The number of rotatable bonds is 14. The predicted octanol–water partition coefficient (Wildman–Crippen LogP) is 5.31. The van der Waals surface area contributed by atoms with E-state index < -0.39 is 23.8 Å². The third-order valence-electron chi connectivity index (χ3n) is 5.41. The number of aryl methyl sites for hydroxylation is 2. The Kier molecular flexibility index (Phi) is 13.7. The third-order valence-corrected chi connectivity index (χ3v) is 6.05. The van der Waals surface area contributed by atoms with E-state index in [0.29, 0.717) is 18.7 Å². The molecule has 0 saturated heterocycles. The quantitative estimate of drug-likeness (QED) is 0.257. The Labute approximate surface area is 221 Å². The fourth-order valence-corrected chi connectivity index (χ4v) is 4.40. The van der Waals surface area contributed by atoms with Gasteiger partial charge in [-0.15, -0.1) is 6.58 Å². The number of carbonyl (C=O) groups is 3. The summed E-state index contributed by atoms with van der Waals surface area (Å²) in [6, 6.07) is 4.21. The second-order valence-electron chi connectivity index (χ2n) is 10.1. The molecule has 0 aliphatic heterocycles. The number of amides is 3. The van der Waals surface area contributed by atoms with E-state index in [-0.39, 0.29) is 18.4 Å². The molecule has 36 heavy (non-hydrogen) atoms. The minimum absolute atomic E-state index is 0.157. The molecule has 1 rings (SSSR count). The largest absolute Gasteiger partial charge is 0.444 e. The van der Waals surface area contributed by atoms with Crippen LogP contribution in [-0.2, 0) is 14.3 Å². The van der Waals surface area contributed by atoms with E-state index in [0.717, 1.165) is 36.0 Å². The topological polar surface area (TPSA) is 87.7 Å². The van der Waals surface area contributed by atoms with Gasteiger partial charge in [-0.3, -0.25) is 9.59 Å². The lowest BCUT2D eigenvalue weighted by Crippen LogP contribution is -2.53. The van der Waals surface area contributed by atoms with Crippen LogP contribution in [0.25, 0.3) is 0 Å². The molecule has 0 aromatic heterocycles. The smallest absolute Gasteiger partial charge is 0.408 e. The van der Waals surface area contributed by atoms with Crippen LogP contribution in [-0.4, -0.2) is 59.5 Å². The van der Waals surface area contributed by atoms with Gasteiger partial charge in [0.2, 0.25) is 11.8 Å². The van der Waals surface area contributed by atoms with Gasteiger partial charge < -0.3 is 20.3 Å². The highest BCUT2D eigenvalue weighted by Crippen LogP contribution is 2.25. The van der Waals surface area contributed by atoms with Crippen molar-refractivity contribution >= 4 is 29.7 Å². The lowest BCUT2D eigenvalue weighted by Gasteiger charge is -2.34. The lowest BCUT2D eigenvalue weighted by molar-refractivity contribution is -0.141. The maximum Gasteiger partial charge on any atom is 0.408 e. The summed E-state index contributed by atoms with van der Waals surface area (Å²) in [5, 5.41) is 5.76. The first kappa shape index (κ1) is 31.5. The van der Waals surface area contributed by atoms with Crippen molar-refractivity contribution in [2.75, 3.05) is 25.1 Å². The van der Waals surface area contributed by atoms with Crippen molar-refractivity contribution in [1.29, 1.82) is 0 Å². The van der Waals surface area contributed by atoms with Gasteiger partial charge in [0.15, 0.2) is 0 Å². The fraction of sp³-hybridized carbons (Fsp3) is 0.607. The molecule has 1 aromatic rings. The zero-order valence-electron chi connectivity index (χ0n) is 23.1. The number of unbranched alkanes of at least 4 members (excludes halogenated alkanes) is 2. The van der Waals surface area contributed by atoms with E-state index in [9.17, 15) is 14.4 Å². The van der Waals surface area contributed by atoms with Crippen molar-refractivity contribution in [2.45, 2.75) is 84.9 Å². The Morgan fingerprint density at radius 2 is 1.78 bits per heavy atom. The van der Waals surface area contributed by atoms with E-state index in [4.69, 9.17) is 4.74 Å². The Hall–Kier alpha value is -2.48. The fourth-order valence-electron chi connectivity index (χ4n) is 3.93. The first-order valence-electron chi connectivity index (χ1n) is 12.7. The highest BCUT2D eigenvalue weighted by atomic mass is 32.2. The summed E-state index contributed by atoms with van der Waals surface area (Å²) < 4.78 is 5.41. The summed E-state index contributed by atoms with van der Waals surface area (Å²) in [5.74, 6) is 0.0702. The molecule has 0 fully saturated rings. The number of hydrogen-bond acceptors (Lipinski definition) is 5. The standard InChI is InChI=1S/C28H45N3O4S/c1-9-11-12-14-29-25(32)24(22-18-20(3)17-21(4)19-22)31(15-10-2)26(33)23(13-16-36-8)30-27(34)35-28(5,6)7/h10,17-19,23-24H,2,9,11-16H2,1,3-8H3,(H,29,32)(H,30,34). The van der Waals surface area contributed by atoms with Gasteiger partial charge in [0.05, 0.1) is 0 Å². The maximum absolute atomic E-state index is 13.9. The first-order valence-corrected chi connectivity index (χ1v) is 14.1. The predicted molar refractivity (Wildman–Crippen MR) is 149 cm³/mol. The summed E-state index contributed by atoms with van der Waals surface area (Å²) in [6.07, 6.45) is 6.23. The highest BCUT2D eigenvalue weighted by molar-refractivity contribution is 7.98. The normalized spacial score (nSPS) is 12.9. The van der Waals surface area contributed by atoms with Gasteiger partial charge in [-0.25, -0.2) is 4.79 Å². The van der Waals surface area contributed by atoms with Crippen molar-refractivity contribution in [3.05, 3.63) is 47.5 Å². The number of ether oxygens (including phenoxy) is 1. The molecule has 8 heteroatoms. The number of thioether (sulfide) groups is 1. The maximum atomic E-state index is 13.9. The minimum Gasteiger partial charge on any atom is -0.444 e. The zero-order chi connectivity index (χ0) is 27.3. The van der Waals surface area contributed by atoms with Crippen LogP contribution in [0.1, 0.15) is 76.1 Å². The Bertz CT molecular complexity index is 862. The van der Waals surface area contributed by atoms with E-state index in [2.05, 4.69) is 24.1 Å². The van der Waals surface area contributed by atoms with Crippen molar-refractivity contribution < 1.29 is 19.1 Å². The van der Waals surface area contributed by atoms with E-state index in [1.807, 2.05) is 38.3 Å². The molecule has 0 bridgehead atoms. The number of nitrogens with one attached hydrogen (secondary N) is 2. The second kappa shape index (κ2) is 15.6. The number of hydrogen-bond donors (Lipinski definition) is 2. The Morgan fingerprint density at radius 1 is 1.14 bits per heavy atom. The molecule has 0 radical (unpaired) electrons. The lowest BCUT2D eigenvalue weighted by atomic mass is 9.98. The molecule has 2 N–H and O–H groups in total. The van der Waals surface area contributed by atoms with Crippen LogP contribution < -0.4 is 10.6 Å². The molecule has 2 unspecified atom stereocenters. The average Bonchev–Trinajstić information content (AvgIpc) is 2.77. The van der Waals surface area contributed by atoms with Crippen LogP contribution in [0.2, 0.25) is 0 Å². The van der Waals surface area contributed by atoms with Gasteiger partial charge in [-0.05, 0) is 65.0 Å². The second-order valence-corrected chi connectivity index (χ2v) is 11.1. The summed E-state index contributed by atoms with van der Waals surface area (Å²) in [7, 11) is 0. The molecule has 2 atom stereocenters. The number of nitrogens with zero attached hydrogens (tertiary/aromatic N) is 1. The molecule has 0 heterocycles. The van der Waals surface area contributed by atoms with Crippen LogP contribution in [0, 0.1) is 13.8 Å². The van der Waals surface area contributed by atoms with Gasteiger partial charge >= 0.3 is 6.09 Å². The number of alkyl carbamates (subject to hydrolysis) is 1. The van der Waals surface area contributed by atoms with Gasteiger partial charge in [-0.2, -0.15) is 11.8 Å².